The summed E-state index contributed by atoms with van der Waals surface area (Å²) in [6.45, 7) is 3.89. The molecule has 3 aromatic carbocycles. The lowest BCUT2D eigenvalue weighted by Crippen LogP contribution is -2.37. The van der Waals surface area contributed by atoms with Crippen molar-refractivity contribution in [2.24, 2.45) is 5.92 Å². The van der Waals surface area contributed by atoms with Gasteiger partial charge in [-0.2, -0.15) is 9.61 Å². The molecule has 1 saturated heterocycles. The van der Waals surface area contributed by atoms with Gasteiger partial charge < -0.3 is 10.1 Å². The molecule has 6 nitrogen and oxygen atoms in total. The number of ether oxygens (including phenoxy) is 1. The second-order valence-corrected chi connectivity index (χ2v) is 11.2. The van der Waals surface area contributed by atoms with E-state index in [9.17, 15) is 0 Å². The number of hydrogen-bond donors (Lipinski definition) is 1. The van der Waals surface area contributed by atoms with Crippen LogP contribution < -0.4 is 10.1 Å². The Hall–Kier alpha value is -3.39. The molecule has 1 unspecified atom stereocenters. The first kappa shape index (κ1) is 25.9. The van der Waals surface area contributed by atoms with Gasteiger partial charge in [-0.05, 0) is 77.1 Å². The van der Waals surface area contributed by atoms with E-state index in [4.69, 9.17) is 21.3 Å². The number of para-hydroxylation sites is 1. The van der Waals surface area contributed by atoms with Crippen molar-refractivity contribution in [3.63, 3.8) is 0 Å². The second-order valence-electron chi connectivity index (χ2n) is 9.92. The van der Waals surface area contributed by atoms with Crippen LogP contribution in [-0.2, 0) is 6.54 Å². The predicted octanol–water partition coefficient (Wildman–Crippen LogP) is 7.93. The van der Waals surface area contributed by atoms with Crippen LogP contribution in [0.3, 0.4) is 0 Å². The highest BCUT2D eigenvalue weighted by atomic mass is 79.9. The fourth-order valence-electron chi connectivity index (χ4n) is 5.17. The zero-order chi connectivity index (χ0) is 26.6. The van der Waals surface area contributed by atoms with Crippen LogP contribution in [-0.4, -0.2) is 39.1 Å². The number of halogens is 2. The minimum atomic E-state index is 0.522. The zero-order valence-corrected chi connectivity index (χ0v) is 23.8. The number of nitrogens with one attached hydrogen (secondary N) is 1. The van der Waals surface area contributed by atoms with Crippen molar-refractivity contribution >= 4 is 39.0 Å². The number of likely N-dealkylation sites (tertiary alicyclic amines) is 1. The molecule has 0 aliphatic carbocycles. The van der Waals surface area contributed by atoms with Crippen LogP contribution in [0.15, 0.2) is 95.6 Å². The highest BCUT2D eigenvalue weighted by Gasteiger charge is 2.21. The fourth-order valence-corrected chi connectivity index (χ4v) is 5.75. The highest BCUT2D eigenvalue weighted by molar-refractivity contribution is 9.10. The van der Waals surface area contributed by atoms with E-state index in [1.807, 2.05) is 71.2 Å². The average Bonchev–Trinajstić information content (AvgIpc) is 3.33. The summed E-state index contributed by atoms with van der Waals surface area (Å²) in [6.07, 6.45) is 4.15. The molecule has 0 amide bonds. The normalized spacial score (nSPS) is 15.9. The summed E-state index contributed by atoms with van der Waals surface area (Å²) in [5.41, 5.74) is 3.75. The van der Waals surface area contributed by atoms with Crippen LogP contribution in [0.4, 0.5) is 5.82 Å². The minimum absolute atomic E-state index is 0.522. The molecule has 198 valence electrons. The van der Waals surface area contributed by atoms with E-state index in [1.54, 1.807) is 6.20 Å². The van der Waals surface area contributed by atoms with Crippen LogP contribution in [0.1, 0.15) is 18.4 Å². The predicted molar refractivity (Wildman–Crippen MR) is 161 cm³/mol. The maximum atomic E-state index is 6.50. The van der Waals surface area contributed by atoms with Crippen molar-refractivity contribution in [3.8, 4) is 22.8 Å². The van der Waals surface area contributed by atoms with Gasteiger partial charge in [0.05, 0.1) is 16.4 Å². The first-order chi connectivity index (χ1) is 19.1. The van der Waals surface area contributed by atoms with Crippen molar-refractivity contribution in [1.82, 2.24) is 19.5 Å². The standard InChI is InChI=1S/C31H29BrClN5O/c32-27-19-35-38-30(17-29(36-31(27)38)26-13-4-5-14-28(26)33)34-18-23-9-7-15-37(21-23)20-22-8-6-12-25(16-22)39-24-10-2-1-3-11-24/h1-6,8,10-14,16-17,19,23,34H,7,9,15,18,20-21H2. The molecule has 1 aliphatic heterocycles. The van der Waals surface area contributed by atoms with E-state index in [-0.39, 0.29) is 0 Å². The van der Waals surface area contributed by atoms with Crippen LogP contribution in [0.5, 0.6) is 11.5 Å². The smallest absolute Gasteiger partial charge is 0.172 e. The second kappa shape index (κ2) is 11.8. The maximum Gasteiger partial charge on any atom is 0.172 e. The molecule has 3 heterocycles. The summed E-state index contributed by atoms with van der Waals surface area (Å²) in [5.74, 6) is 3.15. The minimum Gasteiger partial charge on any atom is -0.457 e. The van der Waals surface area contributed by atoms with Crippen LogP contribution in [0, 0.1) is 5.92 Å². The number of hydrogen-bond acceptors (Lipinski definition) is 5. The number of nitrogens with zero attached hydrogens (tertiary/aromatic N) is 4. The summed E-state index contributed by atoms with van der Waals surface area (Å²) in [6, 6.07) is 28.2. The van der Waals surface area contributed by atoms with Gasteiger partial charge in [-0.25, -0.2) is 4.98 Å². The van der Waals surface area contributed by atoms with Gasteiger partial charge in [-0.15, -0.1) is 0 Å². The van der Waals surface area contributed by atoms with Crippen LogP contribution in [0.2, 0.25) is 5.02 Å². The maximum absolute atomic E-state index is 6.50. The van der Waals surface area contributed by atoms with Crippen molar-refractivity contribution < 1.29 is 4.74 Å². The lowest BCUT2D eigenvalue weighted by atomic mass is 9.97. The van der Waals surface area contributed by atoms with Gasteiger partial charge in [-0.1, -0.05) is 60.1 Å². The summed E-state index contributed by atoms with van der Waals surface area (Å²) in [5, 5.41) is 8.89. The van der Waals surface area contributed by atoms with E-state index in [2.05, 4.69) is 49.4 Å². The van der Waals surface area contributed by atoms with Gasteiger partial charge in [0.1, 0.15) is 17.3 Å². The van der Waals surface area contributed by atoms with Crippen molar-refractivity contribution in [2.45, 2.75) is 19.4 Å². The Labute approximate surface area is 241 Å². The Balaban J connectivity index is 1.13. The molecule has 0 spiro atoms. The van der Waals surface area contributed by atoms with Crippen LogP contribution in [0.25, 0.3) is 16.9 Å². The van der Waals surface area contributed by atoms with E-state index in [0.29, 0.717) is 10.9 Å². The summed E-state index contributed by atoms with van der Waals surface area (Å²) in [4.78, 5) is 7.37. The quantitative estimate of drug-likeness (QED) is 0.195. The fraction of sp³-hybridized carbons (Fsp3) is 0.226. The van der Waals surface area contributed by atoms with Crippen molar-refractivity contribution in [3.05, 3.63) is 106 Å². The van der Waals surface area contributed by atoms with E-state index >= 15 is 0 Å². The Morgan fingerprint density at radius 3 is 2.67 bits per heavy atom. The summed E-state index contributed by atoms with van der Waals surface area (Å²) in [7, 11) is 0. The molecule has 0 bridgehead atoms. The van der Waals surface area contributed by atoms with E-state index < -0.39 is 0 Å². The van der Waals surface area contributed by atoms with Gasteiger partial charge >= 0.3 is 0 Å². The topological polar surface area (TPSA) is 54.7 Å². The largest absolute Gasteiger partial charge is 0.457 e. The van der Waals surface area contributed by atoms with Gasteiger partial charge in [0.15, 0.2) is 5.65 Å². The average molecular weight is 603 g/mol. The molecular formula is C31H29BrClN5O. The molecule has 1 N–H and O–H groups in total. The molecule has 8 heteroatoms. The third kappa shape index (κ3) is 6.11. The Bertz CT molecular complexity index is 1570. The molecule has 39 heavy (non-hydrogen) atoms. The van der Waals surface area contributed by atoms with Crippen LogP contribution >= 0.6 is 27.5 Å². The first-order valence-electron chi connectivity index (χ1n) is 13.2. The lowest BCUT2D eigenvalue weighted by Gasteiger charge is -2.33. The molecule has 1 aliphatic rings. The van der Waals surface area contributed by atoms with E-state index in [0.717, 1.165) is 64.9 Å². The number of rotatable bonds is 8. The summed E-state index contributed by atoms with van der Waals surface area (Å²) < 4.78 is 8.75. The first-order valence-corrected chi connectivity index (χ1v) is 14.4. The number of fused-ring (bicyclic) bond motifs is 1. The van der Waals surface area contributed by atoms with Gasteiger partial charge in [0.25, 0.3) is 0 Å². The number of aromatic nitrogens is 3. The Morgan fingerprint density at radius 2 is 1.79 bits per heavy atom. The molecule has 1 atom stereocenters. The molecule has 2 aromatic heterocycles. The lowest BCUT2D eigenvalue weighted by molar-refractivity contribution is 0.173. The molecule has 6 rings (SSSR count). The zero-order valence-electron chi connectivity index (χ0n) is 21.4. The Kier molecular flexibility index (Phi) is 7.81. The molecule has 0 radical (unpaired) electrons. The van der Waals surface area contributed by atoms with Gasteiger partial charge in [-0.3, -0.25) is 4.90 Å². The summed E-state index contributed by atoms with van der Waals surface area (Å²) >= 11 is 10.1. The SMILES string of the molecule is Clc1ccccc1-c1cc(NCC2CCCN(Cc3cccc(Oc4ccccc4)c3)C2)n2ncc(Br)c2n1. The molecule has 5 aromatic rings. The highest BCUT2D eigenvalue weighted by Crippen LogP contribution is 2.31. The molecule has 1 fully saturated rings. The van der Waals surface area contributed by atoms with Crippen molar-refractivity contribution in [2.75, 3.05) is 25.0 Å². The van der Waals surface area contributed by atoms with Gasteiger partial charge in [0.2, 0.25) is 0 Å². The Morgan fingerprint density at radius 1 is 0.974 bits per heavy atom. The van der Waals surface area contributed by atoms with Crippen molar-refractivity contribution in [1.29, 1.82) is 0 Å². The number of anilines is 1. The monoisotopic (exact) mass is 601 g/mol. The van der Waals surface area contributed by atoms with E-state index in [1.165, 1.54) is 18.4 Å². The molecular weight excluding hydrogens is 574 g/mol. The molecule has 0 saturated carbocycles. The third-order valence-corrected chi connectivity index (χ3v) is 7.93. The number of benzene rings is 3. The number of piperidine rings is 1. The van der Waals surface area contributed by atoms with Gasteiger partial charge in [0, 0.05) is 36.3 Å². The third-order valence-electron chi connectivity index (χ3n) is 7.04.